The van der Waals surface area contributed by atoms with Crippen LogP contribution in [0, 0.1) is 6.92 Å². The fourth-order valence-electron chi connectivity index (χ4n) is 2.61. The Balaban J connectivity index is 1.57. The summed E-state index contributed by atoms with van der Waals surface area (Å²) in [6, 6.07) is 11.1. The lowest BCUT2D eigenvalue weighted by Crippen LogP contribution is -2.09. The molecule has 4 aromatic rings. The zero-order valence-corrected chi connectivity index (χ0v) is 14.1. The van der Waals surface area contributed by atoms with E-state index < -0.39 is 12.0 Å². The Labute approximate surface area is 151 Å². The van der Waals surface area contributed by atoms with Crippen molar-refractivity contribution in [3.05, 3.63) is 65.9 Å². The van der Waals surface area contributed by atoms with Crippen LogP contribution in [-0.4, -0.2) is 29.4 Å². The van der Waals surface area contributed by atoms with Crippen LogP contribution in [0.3, 0.4) is 0 Å². The van der Waals surface area contributed by atoms with Gasteiger partial charge in [0.2, 0.25) is 0 Å². The van der Waals surface area contributed by atoms with E-state index in [1.54, 1.807) is 23.9 Å². The molecule has 1 aromatic carbocycles. The van der Waals surface area contributed by atoms with Gasteiger partial charge in [-0.05, 0) is 30.7 Å². The van der Waals surface area contributed by atoms with Gasteiger partial charge in [-0.2, -0.15) is 27.8 Å². The van der Waals surface area contributed by atoms with Crippen molar-refractivity contribution in [1.82, 2.24) is 29.4 Å². The van der Waals surface area contributed by atoms with Crippen molar-refractivity contribution in [2.75, 3.05) is 5.32 Å². The first-order chi connectivity index (χ1) is 12.9. The minimum absolute atomic E-state index is 0.0983. The second kappa shape index (κ2) is 6.38. The van der Waals surface area contributed by atoms with Crippen LogP contribution in [0.25, 0.3) is 11.5 Å². The molecule has 0 radical (unpaired) electrons. The van der Waals surface area contributed by atoms with E-state index in [0.29, 0.717) is 18.1 Å². The second-order valence-corrected chi connectivity index (χ2v) is 5.90. The van der Waals surface area contributed by atoms with Gasteiger partial charge in [0.1, 0.15) is 5.82 Å². The molecule has 0 fully saturated rings. The van der Waals surface area contributed by atoms with Crippen LogP contribution in [0.4, 0.5) is 19.0 Å². The monoisotopic (exact) mass is 373 g/mol. The summed E-state index contributed by atoms with van der Waals surface area (Å²) < 4.78 is 41.4. The summed E-state index contributed by atoms with van der Waals surface area (Å²) in [4.78, 5) is 7.47. The molecular formula is C17H14F3N7. The smallest absolute Gasteiger partial charge is 0.366 e. The Morgan fingerprint density at radius 3 is 2.56 bits per heavy atom. The first kappa shape index (κ1) is 17.0. The normalized spacial score (nSPS) is 11.9. The third-order valence-electron chi connectivity index (χ3n) is 3.87. The lowest BCUT2D eigenvalue weighted by molar-refractivity contribution is -0.144. The first-order valence-corrected chi connectivity index (χ1v) is 8.04. The average molecular weight is 373 g/mol. The molecule has 10 heteroatoms. The van der Waals surface area contributed by atoms with Gasteiger partial charge in [0.25, 0.3) is 11.6 Å². The number of anilines is 1. The standard InChI is InChI=1S/C17H14F3N7/c1-11-9-14(27-16(23-11)24-15(25-27)17(18,19)20)21-10-12-3-5-13(6-4-12)26-8-2-7-22-26/h2-9,21H,10H2,1H3. The molecule has 27 heavy (non-hydrogen) atoms. The zero-order chi connectivity index (χ0) is 19.0. The van der Waals surface area contributed by atoms with E-state index >= 15 is 0 Å². The second-order valence-electron chi connectivity index (χ2n) is 5.90. The Morgan fingerprint density at radius 1 is 1.11 bits per heavy atom. The Morgan fingerprint density at radius 2 is 1.89 bits per heavy atom. The number of nitrogens with one attached hydrogen (secondary N) is 1. The average Bonchev–Trinajstić information content (AvgIpc) is 3.29. The molecule has 1 N–H and O–H groups in total. The summed E-state index contributed by atoms with van der Waals surface area (Å²) in [5.41, 5.74) is 2.40. The van der Waals surface area contributed by atoms with E-state index in [4.69, 9.17) is 0 Å². The van der Waals surface area contributed by atoms with E-state index in [9.17, 15) is 13.2 Å². The number of aromatic nitrogens is 6. The van der Waals surface area contributed by atoms with Crippen molar-refractivity contribution < 1.29 is 13.2 Å². The SMILES string of the molecule is Cc1cc(NCc2ccc(-n3cccn3)cc2)n2nc(C(F)(F)F)nc2n1. The van der Waals surface area contributed by atoms with Crippen LogP contribution in [0.2, 0.25) is 0 Å². The molecular weight excluding hydrogens is 359 g/mol. The minimum Gasteiger partial charge on any atom is -0.366 e. The van der Waals surface area contributed by atoms with Crippen LogP contribution >= 0.6 is 0 Å². The molecule has 0 bridgehead atoms. The Kier molecular flexibility index (Phi) is 4.02. The summed E-state index contributed by atoms with van der Waals surface area (Å²) in [5.74, 6) is -0.928. The van der Waals surface area contributed by atoms with E-state index in [1.807, 2.05) is 36.5 Å². The van der Waals surface area contributed by atoms with Crippen LogP contribution in [0.1, 0.15) is 17.1 Å². The molecule has 0 aliphatic carbocycles. The Hall–Kier alpha value is -3.43. The van der Waals surface area contributed by atoms with Crippen molar-refractivity contribution in [3.63, 3.8) is 0 Å². The molecule has 0 saturated heterocycles. The molecule has 3 aromatic heterocycles. The van der Waals surface area contributed by atoms with Crippen molar-refractivity contribution in [2.24, 2.45) is 0 Å². The highest BCUT2D eigenvalue weighted by Crippen LogP contribution is 2.27. The molecule has 0 amide bonds. The quantitative estimate of drug-likeness (QED) is 0.595. The van der Waals surface area contributed by atoms with Gasteiger partial charge in [-0.15, -0.1) is 5.10 Å². The third kappa shape index (κ3) is 3.46. The number of halogens is 3. The van der Waals surface area contributed by atoms with Gasteiger partial charge in [-0.1, -0.05) is 12.1 Å². The molecule has 4 rings (SSSR count). The van der Waals surface area contributed by atoms with Crippen LogP contribution in [0.5, 0.6) is 0 Å². The number of hydrogen-bond acceptors (Lipinski definition) is 5. The number of hydrogen-bond donors (Lipinski definition) is 1. The lowest BCUT2D eigenvalue weighted by atomic mass is 10.2. The number of nitrogens with zero attached hydrogens (tertiary/aromatic N) is 6. The number of aryl methyl sites for hydroxylation is 1. The minimum atomic E-state index is -4.62. The van der Waals surface area contributed by atoms with Gasteiger partial charge in [-0.25, -0.2) is 9.67 Å². The molecule has 0 saturated carbocycles. The van der Waals surface area contributed by atoms with Gasteiger partial charge in [-0.3, -0.25) is 0 Å². The maximum atomic E-state index is 12.9. The van der Waals surface area contributed by atoms with Gasteiger partial charge < -0.3 is 5.32 Å². The van der Waals surface area contributed by atoms with Crippen molar-refractivity contribution in [1.29, 1.82) is 0 Å². The van der Waals surface area contributed by atoms with Crippen LogP contribution < -0.4 is 5.32 Å². The summed E-state index contributed by atoms with van der Waals surface area (Å²) in [6.07, 6.45) is -1.09. The first-order valence-electron chi connectivity index (χ1n) is 8.04. The molecule has 0 spiro atoms. The summed E-state index contributed by atoms with van der Waals surface area (Å²) in [7, 11) is 0. The zero-order valence-electron chi connectivity index (χ0n) is 14.1. The summed E-state index contributed by atoms with van der Waals surface area (Å²) >= 11 is 0. The molecule has 138 valence electrons. The van der Waals surface area contributed by atoms with E-state index in [1.165, 1.54) is 0 Å². The van der Waals surface area contributed by atoms with E-state index in [-0.39, 0.29) is 5.78 Å². The predicted molar refractivity (Wildman–Crippen MR) is 91.4 cm³/mol. The summed E-state index contributed by atoms with van der Waals surface area (Å²) in [5, 5.41) is 10.8. The van der Waals surface area contributed by atoms with Gasteiger partial charge in [0, 0.05) is 30.7 Å². The topological polar surface area (TPSA) is 72.9 Å². The number of rotatable bonds is 4. The highest BCUT2D eigenvalue weighted by molar-refractivity contribution is 5.46. The predicted octanol–water partition coefficient (Wildman–Crippen LogP) is 3.25. The molecule has 3 heterocycles. The van der Waals surface area contributed by atoms with E-state index in [2.05, 4.69) is 25.5 Å². The molecule has 0 aliphatic heterocycles. The number of benzene rings is 1. The molecule has 0 atom stereocenters. The fraction of sp³-hybridized carbons (Fsp3) is 0.176. The van der Waals surface area contributed by atoms with Gasteiger partial charge in [0.15, 0.2) is 0 Å². The maximum absolute atomic E-state index is 12.9. The number of alkyl halides is 3. The highest BCUT2D eigenvalue weighted by atomic mass is 19.4. The maximum Gasteiger partial charge on any atom is 0.453 e. The molecule has 7 nitrogen and oxygen atoms in total. The van der Waals surface area contributed by atoms with Gasteiger partial charge >= 0.3 is 6.18 Å². The van der Waals surface area contributed by atoms with E-state index in [0.717, 1.165) is 15.8 Å². The van der Waals surface area contributed by atoms with Crippen molar-refractivity contribution >= 4 is 11.6 Å². The van der Waals surface area contributed by atoms with Gasteiger partial charge in [0.05, 0.1) is 5.69 Å². The third-order valence-corrected chi connectivity index (χ3v) is 3.87. The molecule has 0 unspecified atom stereocenters. The van der Waals surface area contributed by atoms with Crippen LogP contribution in [-0.2, 0) is 12.7 Å². The molecule has 0 aliphatic rings. The summed E-state index contributed by atoms with van der Waals surface area (Å²) in [6.45, 7) is 2.09. The van der Waals surface area contributed by atoms with Crippen molar-refractivity contribution in [2.45, 2.75) is 19.6 Å². The fourth-order valence-corrected chi connectivity index (χ4v) is 2.61. The highest BCUT2D eigenvalue weighted by Gasteiger charge is 2.36. The Bertz CT molecular complexity index is 1070. The number of fused-ring (bicyclic) bond motifs is 1. The largest absolute Gasteiger partial charge is 0.453 e. The van der Waals surface area contributed by atoms with Crippen LogP contribution in [0.15, 0.2) is 48.8 Å². The lowest BCUT2D eigenvalue weighted by Gasteiger charge is -2.09. The van der Waals surface area contributed by atoms with Crippen molar-refractivity contribution in [3.8, 4) is 5.69 Å².